The lowest BCUT2D eigenvalue weighted by molar-refractivity contribution is 0.0961. The van der Waals surface area contributed by atoms with Gasteiger partial charge < -0.3 is 15.4 Å². The first kappa shape index (κ1) is 19.0. The van der Waals surface area contributed by atoms with Gasteiger partial charge in [0.2, 0.25) is 5.88 Å². The van der Waals surface area contributed by atoms with Gasteiger partial charge in [0, 0.05) is 30.1 Å². The van der Waals surface area contributed by atoms with Gasteiger partial charge in [0.25, 0.3) is 11.8 Å². The summed E-state index contributed by atoms with van der Waals surface area (Å²) in [6.07, 6.45) is 1.49. The lowest BCUT2D eigenvalue weighted by Gasteiger charge is -2.11. The predicted molar refractivity (Wildman–Crippen MR) is 103 cm³/mol. The smallest absolute Gasteiger partial charge is 0.261 e. The SMILES string of the molecule is CNC(=O)c1cccc(NC(=O)c2cccnc2OCc2ccccc2F)c1. The number of carbonyl (C=O) groups excluding carboxylic acids is 2. The topological polar surface area (TPSA) is 80.3 Å². The Kier molecular flexibility index (Phi) is 5.96. The maximum Gasteiger partial charge on any atom is 0.261 e. The Morgan fingerprint density at radius 2 is 1.86 bits per heavy atom. The van der Waals surface area contributed by atoms with Gasteiger partial charge in [0.1, 0.15) is 18.0 Å². The third kappa shape index (κ3) is 4.50. The van der Waals surface area contributed by atoms with Gasteiger partial charge in [-0.1, -0.05) is 24.3 Å². The molecule has 0 spiro atoms. The summed E-state index contributed by atoms with van der Waals surface area (Å²) in [5, 5.41) is 5.24. The molecule has 0 saturated heterocycles. The number of hydrogen-bond donors (Lipinski definition) is 2. The summed E-state index contributed by atoms with van der Waals surface area (Å²) < 4.78 is 19.3. The highest BCUT2D eigenvalue weighted by atomic mass is 19.1. The van der Waals surface area contributed by atoms with Crippen molar-refractivity contribution in [3.8, 4) is 5.88 Å². The lowest BCUT2D eigenvalue weighted by Crippen LogP contribution is -2.18. The number of hydrogen-bond acceptors (Lipinski definition) is 4. The second-order valence-electron chi connectivity index (χ2n) is 5.85. The molecular weight excluding hydrogens is 361 g/mol. The Labute approximate surface area is 161 Å². The minimum Gasteiger partial charge on any atom is -0.472 e. The van der Waals surface area contributed by atoms with E-state index in [1.54, 1.807) is 54.6 Å². The zero-order valence-corrected chi connectivity index (χ0v) is 15.1. The van der Waals surface area contributed by atoms with Gasteiger partial charge >= 0.3 is 0 Å². The summed E-state index contributed by atoms with van der Waals surface area (Å²) in [6.45, 7) is -0.0594. The second kappa shape index (κ2) is 8.77. The molecule has 6 nitrogen and oxygen atoms in total. The number of nitrogens with zero attached hydrogens (tertiary/aromatic N) is 1. The molecule has 0 fully saturated rings. The number of benzene rings is 2. The number of amides is 2. The lowest BCUT2D eigenvalue weighted by atomic mass is 10.1. The summed E-state index contributed by atoms with van der Waals surface area (Å²) in [5.41, 5.74) is 1.43. The van der Waals surface area contributed by atoms with Gasteiger partial charge in [-0.3, -0.25) is 9.59 Å². The van der Waals surface area contributed by atoms with Crippen molar-refractivity contribution in [1.29, 1.82) is 0 Å². The molecule has 0 aliphatic rings. The molecule has 3 aromatic rings. The fourth-order valence-electron chi connectivity index (χ4n) is 2.52. The van der Waals surface area contributed by atoms with Crippen LogP contribution in [0.2, 0.25) is 0 Å². The van der Waals surface area contributed by atoms with Crippen molar-refractivity contribution in [2.75, 3.05) is 12.4 Å². The van der Waals surface area contributed by atoms with E-state index in [1.807, 2.05) is 0 Å². The van der Waals surface area contributed by atoms with Crippen molar-refractivity contribution in [3.05, 3.63) is 89.4 Å². The predicted octanol–water partition coefficient (Wildman–Crippen LogP) is 3.41. The molecule has 3 rings (SSSR count). The zero-order chi connectivity index (χ0) is 19.9. The average Bonchev–Trinajstić information content (AvgIpc) is 2.73. The molecule has 142 valence electrons. The molecule has 0 saturated carbocycles. The van der Waals surface area contributed by atoms with E-state index in [2.05, 4.69) is 15.6 Å². The average molecular weight is 379 g/mol. The van der Waals surface area contributed by atoms with Gasteiger partial charge in [0.15, 0.2) is 0 Å². The summed E-state index contributed by atoms with van der Waals surface area (Å²) in [5.74, 6) is -1.02. The van der Waals surface area contributed by atoms with E-state index >= 15 is 0 Å². The van der Waals surface area contributed by atoms with Crippen LogP contribution in [-0.2, 0) is 6.61 Å². The van der Waals surface area contributed by atoms with Crippen molar-refractivity contribution in [1.82, 2.24) is 10.3 Å². The summed E-state index contributed by atoms with van der Waals surface area (Å²) in [4.78, 5) is 28.5. The van der Waals surface area contributed by atoms with Crippen molar-refractivity contribution >= 4 is 17.5 Å². The molecule has 2 aromatic carbocycles. The van der Waals surface area contributed by atoms with Crippen LogP contribution < -0.4 is 15.4 Å². The number of nitrogens with one attached hydrogen (secondary N) is 2. The molecule has 0 aliphatic heterocycles. The highest BCUT2D eigenvalue weighted by molar-refractivity contribution is 6.06. The zero-order valence-electron chi connectivity index (χ0n) is 15.1. The molecule has 0 radical (unpaired) electrons. The van der Waals surface area contributed by atoms with Crippen LogP contribution in [0.15, 0.2) is 66.9 Å². The molecule has 7 heteroatoms. The van der Waals surface area contributed by atoms with Crippen LogP contribution in [0.25, 0.3) is 0 Å². The molecule has 0 aliphatic carbocycles. The van der Waals surface area contributed by atoms with E-state index in [0.29, 0.717) is 16.8 Å². The first-order chi connectivity index (χ1) is 13.6. The Hall–Kier alpha value is -3.74. The molecule has 2 amide bonds. The minimum atomic E-state index is -0.453. The van der Waals surface area contributed by atoms with E-state index < -0.39 is 11.7 Å². The normalized spacial score (nSPS) is 10.2. The van der Waals surface area contributed by atoms with Crippen LogP contribution in [0.1, 0.15) is 26.3 Å². The van der Waals surface area contributed by atoms with Crippen LogP contribution in [-0.4, -0.2) is 23.8 Å². The fourth-order valence-corrected chi connectivity index (χ4v) is 2.52. The largest absolute Gasteiger partial charge is 0.472 e. The monoisotopic (exact) mass is 379 g/mol. The van der Waals surface area contributed by atoms with E-state index in [-0.39, 0.29) is 24.0 Å². The number of halogens is 1. The number of aromatic nitrogens is 1. The molecule has 1 heterocycles. The molecule has 2 N–H and O–H groups in total. The van der Waals surface area contributed by atoms with Crippen molar-refractivity contribution in [3.63, 3.8) is 0 Å². The maximum absolute atomic E-state index is 13.8. The van der Waals surface area contributed by atoms with Crippen LogP contribution >= 0.6 is 0 Å². The summed E-state index contributed by atoms with van der Waals surface area (Å²) in [7, 11) is 1.53. The Morgan fingerprint density at radius 3 is 2.64 bits per heavy atom. The standard InChI is InChI=1S/C21H18FN3O3/c1-23-19(26)14-7-4-8-16(12-14)25-20(27)17-9-5-11-24-21(17)28-13-15-6-2-3-10-18(15)22/h2-12H,13H2,1H3,(H,23,26)(H,25,27). The molecule has 0 atom stereocenters. The van der Waals surface area contributed by atoms with E-state index in [1.165, 1.54) is 19.3 Å². The second-order valence-corrected chi connectivity index (χ2v) is 5.85. The number of ether oxygens (including phenoxy) is 1. The maximum atomic E-state index is 13.8. The quantitative estimate of drug-likeness (QED) is 0.688. The molecule has 0 bridgehead atoms. The highest BCUT2D eigenvalue weighted by Crippen LogP contribution is 2.19. The molecular formula is C21H18FN3O3. The third-order valence-corrected chi connectivity index (χ3v) is 3.95. The van der Waals surface area contributed by atoms with Crippen LogP contribution in [0.3, 0.4) is 0 Å². The molecule has 28 heavy (non-hydrogen) atoms. The van der Waals surface area contributed by atoms with Gasteiger partial charge in [0.05, 0.1) is 0 Å². The first-order valence-electron chi connectivity index (χ1n) is 8.53. The third-order valence-electron chi connectivity index (χ3n) is 3.95. The summed E-state index contributed by atoms with van der Waals surface area (Å²) in [6, 6.07) is 15.9. The molecule has 1 aromatic heterocycles. The molecule has 0 unspecified atom stereocenters. The number of rotatable bonds is 6. The van der Waals surface area contributed by atoms with E-state index in [4.69, 9.17) is 4.74 Å². The number of anilines is 1. The number of pyridine rings is 1. The minimum absolute atomic E-state index is 0.0594. The van der Waals surface area contributed by atoms with E-state index in [0.717, 1.165) is 0 Å². The van der Waals surface area contributed by atoms with Crippen molar-refractivity contribution in [2.45, 2.75) is 6.61 Å². The van der Waals surface area contributed by atoms with Crippen LogP contribution in [0.4, 0.5) is 10.1 Å². The van der Waals surface area contributed by atoms with Crippen LogP contribution in [0.5, 0.6) is 5.88 Å². The first-order valence-corrected chi connectivity index (χ1v) is 8.53. The Bertz CT molecular complexity index is 1010. The van der Waals surface area contributed by atoms with Gasteiger partial charge in [-0.2, -0.15) is 0 Å². The highest BCUT2D eigenvalue weighted by Gasteiger charge is 2.15. The van der Waals surface area contributed by atoms with Crippen molar-refractivity contribution < 1.29 is 18.7 Å². The van der Waals surface area contributed by atoms with Gasteiger partial charge in [-0.15, -0.1) is 0 Å². The fraction of sp³-hybridized carbons (Fsp3) is 0.0952. The van der Waals surface area contributed by atoms with Crippen LogP contribution in [0, 0.1) is 5.82 Å². The van der Waals surface area contributed by atoms with Gasteiger partial charge in [-0.05, 0) is 36.4 Å². The van der Waals surface area contributed by atoms with Gasteiger partial charge in [-0.25, -0.2) is 9.37 Å². The Balaban J connectivity index is 1.76. The summed E-state index contributed by atoms with van der Waals surface area (Å²) >= 11 is 0. The Morgan fingerprint density at radius 1 is 1.04 bits per heavy atom. The van der Waals surface area contributed by atoms with E-state index in [9.17, 15) is 14.0 Å². The number of carbonyl (C=O) groups is 2. The van der Waals surface area contributed by atoms with Crippen molar-refractivity contribution in [2.24, 2.45) is 0 Å².